The number of likely N-dealkylation sites (tertiary alicyclic amines) is 1. The summed E-state index contributed by atoms with van der Waals surface area (Å²) in [5.41, 5.74) is 4.64. The van der Waals surface area contributed by atoms with Gasteiger partial charge in [-0.15, -0.1) is 5.10 Å². The van der Waals surface area contributed by atoms with Gasteiger partial charge in [0.2, 0.25) is 11.9 Å². The fourth-order valence-electron chi connectivity index (χ4n) is 1.69. The van der Waals surface area contributed by atoms with Crippen molar-refractivity contribution >= 4 is 11.9 Å². The first-order valence-corrected chi connectivity index (χ1v) is 5.17. The normalized spacial score (nSPS) is 18.2. The molecule has 3 N–H and O–H groups in total. The third-order valence-electron chi connectivity index (χ3n) is 2.83. The van der Waals surface area contributed by atoms with E-state index in [0.717, 1.165) is 0 Å². The lowest BCUT2D eigenvalue weighted by Crippen LogP contribution is -2.63. The van der Waals surface area contributed by atoms with Gasteiger partial charge in [0.1, 0.15) is 12.9 Å². The number of aliphatic hydroxyl groups is 1. The fraction of sp³-hybridized carbons (Fsp3) is 0.667. The van der Waals surface area contributed by atoms with Gasteiger partial charge in [-0.25, -0.2) is 9.67 Å². The molecule has 0 unspecified atom stereocenters. The number of rotatable bonds is 3. The number of nitrogens with zero attached hydrogens (tertiary/aromatic N) is 4. The number of nitrogen functional groups attached to an aromatic ring is 1. The first-order valence-electron chi connectivity index (χ1n) is 5.17. The SMILES string of the molecule is CCC1(O)CN(C(=O)Cn2cnc(N)n2)C1. The smallest absolute Gasteiger partial charge is 0.244 e. The standard InChI is InChI=1S/C9H15N5O2/c1-2-9(16)4-13(5-9)7(15)3-14-6-11-8(10)12-14/h6,16H,2-5H2,1H3,(H2,10,12). The molecule has 7 nitrogen and oxygen atoms in total. The van der Waals surface area contributed by atoms with E-state index in [2.05, 4.69) is 10.1 Å². The molecule has 1 aliphatic heterocycles. The maximum absolute atomic E-state index is 11.7. The van der Waals surface area contributed by atoms with E-state index in [0.29, 0.717) is 19.5 Å². The number of nitrogens with two attached hydrogens (primary N) is 1. The van der Waals surface area contributed by atoms with Gasteiger partial charge in [0.15, 0.2) is 0 Å². The molecule has 2 rings (SSSR count). The Bertz CT molecular complexity index is 396. The molecule has 16 heavy (non-hydrogen) atoms. The van der Waals surface area contributed by atoms with Gasteiger partial charge in [-0.1, -0.05) is 6.92 Å². The summed E-state index contributed by atoms with van der Waals surface area (Å²) in [4.78, 5) is 17.0. The molecule has 2 heterocycles. The zero-order valence-corrected chi connectivity index (χ0v) is 9.13. The van der Waals surface area contributed by atoms with Crippen LogP contribution in [0.3, 0.4) is 0 Å². The number of anilines is 1. The van der Waals surface area contributed by atoms with Crippen LogP contribution in [-0.2, 0) is 11.3 Å². The van der Waals surface area contributed by atoms with E-state index in [9.17, 15) is 9.90 Å². The number of hydrogen-bond acceptors (Lipinski definition) is 5. The van der Waals surface area contributed by atoms with E-state index < -0.39 is 5.60 Å². The molecule has 0 radical (unpaired) electrons. The molecule has 0 spiro atoms. The first-order chi connectivity index (χ1) is 7.52. The molecule has 1 fully saturated rings. The van der Waals surface area contributed by atoms with E-state index in [4.69, 9.17) is 5.73 Å². The van der Waals surface area contributed by atoms with Crippen LogP contribution in [0.15, 0.2) is 6.33 Å². The Balaban J connectivity index is 1.87. The maximum Gasteiger partial charge on any atom is 0.244 e. The van der Waals surface area contributed by atoms with Crippen molar-refractivity contribution < 1.29 is 9.90 Å². The van der Waals surface area contributed by atoms with Gasteiger partial charge in [-0.05, 0) is 6.42 Å². The quantitative estimate of drug-likeness (QED) is 0.676. The Labute approximate surface area is 92.9 Å². The van der Waals surface area contributed by atoms with Crippen molar-refractivity contribution in [1.82, 2.24) is 19.7 Å². The largest absolute Gasteiger partial charge is 0.386 e. The molecule has 0 atom stereocenters. The zero-order chi connectivity index (χ0) is 11.8. The molecule has 88 valence electrons. The third kappa shape index (κ3) is 1.99. The number of β-amino-alcohol motifs (C(OH)–C–C–N with tert-alkyl or cyclic N) is 1. The van der Waals surface area contributed by atoms with Crippen LogP contribution in [0.1, 0.15) is 13.3 Å². The Morgan fingerprint density at radius 1 is 1.69 bits per heavy atom. The Kier molecular flexibility index (Phi) is 2.55. The Morgan fingerprint density at radius 2 is 2.38 bits per heavy atom. The second kappa shape index (κ2) is 3.75. The fourth-order valence-corrected chi connectivity index (χ4v) is 1.69. The molecule has 0 aliphatic carbocycles. The molecule has 1 aliphatic rings. The highest BCUT2D eigenvalue weighted by Crippen LogP contribution is 2.23. The van der Waals surface area contributed by atoms with Crippen molar-refractivity contribution in [3.8, 4) is 0 Å². The van der Waals surface area contributed by atoms with Crippen LogP contribution in [0.5, 0.6) is 0 Å². The van der Waals surface area contributed by atoms with E-state index in [1.165, 1.54) is 11.0 Å². The average Bonchev–Trinajstić information content (AvgIpc) is 2.59. The number of carbonyl (C=O) groups is 1. The third-order valence-corrected chi connectivity index (χ3v) is 2.83. The zero-order valence-electron chi connectivity index (χ0n) is 9.13. The molecule has 1 aromatic heterocycles. The van der Waals surface area contributed by atoms with Crippen LogP contribution >= 0.6 is 0 Å². The summed E-state index contributed by atoms with van der Waals surface area (Å²) in [7, 11) is 0. The monoisotopic (exact) mass is 225 g/mol. The van der Waals surface area contributed by atoms with Crippen molar-refractivity contribution in [2.75, 3.05) is 18.8 Å². The Hall–Kier alpha value is -1.63. The number of carbonyl (C=O) groups excluding carboxylic acids is 1. The lowest BCUT2D eigenvalue weighted by Gasteiger charge is -2.46. The van der Waals surface area contributed by atoms with Gasteiger partial charge in [-0.2, -0.15) is 0 Å². The molecular formula is C9H15N5O2. The molecule has 1 aromatic rings. The topological polar surface area (TPSA) is 97.3 Å². The summed E-state index contributed by atoms with van der Waals surface area (Å²) < 4.78 is 1.39. The minimum absolute atomic E-state index is 0.0805. The van der Waals surface area contributed by atoms with Crippen LogP contribution in [-0.4, -0.2) is 49.4 Å². The summed E-state index contributed by atoms with van der Waals surface area (Å²) in [5, 5.41) is 13.6. The number of amides is 1. The van der Waals surface area contributed by atoms with Crippen LogP contribution in [0.4, 0.5) is 5.95 Å². The van der Waals surface area contributed by atoms with Crippen molar-refractivity contribution in [2.45, 2.75) is 25.5 Å². The lowest BCUT2D eigenvalue weighted by molar-refractivity contribution is -0.156. The highest BCUT2D eigenvalue weighted by Gasteiger charge is 2.41. The first kappa shape index (κ1) is 10.9. The van der Waals surface area contributed by atoms with Crippen molar-refractivity contribution in [3.63, 3.8) is 0 Å². The van der Waals surface area contributed by atoms with Crippen molar-refractivity contribution in [1.29, 1.82) is 0 Å². The second-order valence-electron chi connectivity index (χ2n) is 4.13. The lowest BCUT2D eigenvalue weighted by atomic mass is 9.91. The van der Waals surface area contributed by atoms with E-state index in [1.807, 2.05) is 6.92 Å². The average molecular weight is 225 g/mol. The summed E-state index contributed by atoms with van der Waals surface area (Å²) in [5.74, 6) is 0.0736. The van der Waals surface area contributed by atoms with Gasteiger partial charge in [0.05, 0.1) is 18.7 Å². The molecule has 0 saturated carbocycles. The van der Waals surface area contributed by atoms with E-state index >= 15 is 0 Å². The summed E-state index contributed by atoms with van der Waals surface area (Å²) >= 11 is 0. The molecular weight excluding hydrogens is 210 g/mol. The van der Waals surface area contributed by atoms with Crippen LogP contribution < -0.4 is 5.73 Å². The highest BCUT2D eigenvalue weighted by atomic mass is 16.3. The molecule has 1 amide bonds. The van der Waals surface area contributed by atoms with Gasteiger partial charge in [0.25, 0.3) is 0 Å². The minimum Gasteiger partial charge on any atom is -0.386 e. The highest BCUT2D eigenvalue weighted by molar-refractivity contribution is 5.77. The predicted octanol–water partition coefficient (Wildman–Crippen LogP) is -1.16. The second-order valence-corrected chi connectivity index (χ2v) is 4.13. The predicted molar refractivity (Wildman–Crippen MR) is 56.3 cm³/mol. The van der Waals surface area contributed by atoms with Crippen LogP contribution in [0.2, 0.25) is 0 Å². The van der Waals surface area contributed by atoms with Crippen LogP contribution in [0, 0.1) is 0 Å². The van der Waals surface area contributed by atoms with Gasteiger partial charge < -0.3 is 15.7 Å². The van der Waals surface area contributed by atoms with Gasteiger partial charge in [-0.3, -0.25) is 4.79 Å². The van der Waals surface area contributed by atoms with E-state index in [1.54, 1.807) is 4.90 Å². The van der Waals surface area contributed by atoms with Crippen molar-refractivity contribution in [3.05, 3.63) is 6.33 Å². The van der Waals surface area contributed by atoms with Crippen LogP contribution in [0.25, 0.3) is 0 Å². The van der Waals surface area contributed by atoms with Gasteiger partial charge >= 0.3 is 0 Å². The maximum atomic E-state index is 11.7. The Morgan fingerprint density at radius 3 is 2.88 bits per heavy atom. The number of hydrogen-bond donors (Lipinski definition) is 2. The molecule has 0 bridgehead atoms. The molecule has 0 aromatic carbocycles. The van der Waals surface area contributed by atoms with E-state index in [-0.39, 0.29) is 18.4 Å². The van der Waals surface area contributed by atoms with Gasteiger partial charge in [0, 0.05) is 0 Å². The molecule has 1 saturated heterocycles. The minimum atomic E-state index is -0.697. The number of aromatic nitrogens is 3. The summed E-state index contributed by atoms with van der Waals surface area (Å²) in [6.07, 6.45) is 2.08. The summed E-state index contributed by atoms with van der Waals surface area (Å²) in [6.45, 7) is 2.81. The summed E-state index contributed by atoms with van der Waals surface area (Å²) in [6, 6.07) is 0. The van der Waals surface area contributed by atoms with Crippen molar-refractivity contribution in [2.24, 2.45) is 0 Å². The molecule has 7 heteroatoms.